The Kier molecular flexibility index (Phi) is 6.19. The van der Waals surface area contributed by atoms with Crippen LogP contribution in [-0.4, -0.2) is 46.7 Å². The molecule has 1 saturated carbocycles. The van der Waals surface area contributed by atoms with Crippen molar-refractivity contribution >= 4 is 17.7 Å². The van der Waals surface area contributed by atoms with Gasteiger partial charge in [0.2, 0.25) is 5.91 Å². The van der Waals surface area contributed by atoms with E-state index in [1.165, 1.54) is 5.56 Å². The zero-order chi connectivity index (χ0) is 16.9. The summed E-state index contributed by atoms with van der Waals surface area (Å²) in [5.41, 5.74) is 1.20. The summed E-state index contributed by atoms with van der Waals surface area (Å²) in [6, 6.07) is 10.4. The molecule has 2 unspecified atom stereocenters. The smallest absolute Gasteiger partial charge is 0.240 e. The Morgan fingerprint density at radius 2 is 2.17 bits per heavy atom. The van der Waals surface area contributed by atoms with Gasteiger partial charge in [-0.25, -0.2) is 0 Å². The van der Waals surface area contributed by atoms with Gasteiger partial charge in [0.15, 0.2) is 0 Å². The van der Waals surface area contributed by atoms with Crippen LogP contribution in [0.2, 0.25) is 0 Å². The Hall–Kier alpha value is -1.04. The first kappa shape index (κ1) is 17.8. The Bertz CT molecular complexity index is 539. The fraction of sp³-hybridized carbons (Fsp3) is 0.632. The van der Waals surface area contributed by atoms with E-state index in [9.17, 15) is 4.79 Å². The Morgan fingerprint density at radius 1 is 1.38 bits per heavy atom. The normalized spacial score (nSPS) is 28.2. The molecule has 4 nitrogen and oxygen atoms in total. The van der Waals surface area contributed by atoms with Crippen LogP contribution in [0.25, 0.3) is 0 Å². The van der Waals surface area contributed by atoms with Crippen LogP contribution in [0.4, 0.5) is 0 Å². The average molecular weight is 349 g/mol. The first-order valence-electron chi connectivity index (χ1n) is 8.99. The SMILES string of the molecule is CC(N[C@@H]1CCC[C@H]1OCc1ccccc1)C(=O)N1CCSC1C. The van der Waals surface area contributed by atoms with E-state index in [2.05, 4.69) is 24.4 Å². The van der Waals surface area contributed by atoms with Crippen molar-refractivity contribution in [2.24, 2.45) is 0 Å². The van der Waals surface area contributed by atoms with Gasteiger partial charge in [-0.05, 0) is 38.7 Å². The third kappa shape index (κ3) is 4.32. The molecule has 24 heavy (non-hydrogen) atoms. The molecule has 1 amide bonds. The van der Waals surface area contributed by atoms with Gasteiger partial charge in [-0.2, -0.15) is 0 Å². The summed E-state index contributed by atoms with van der Waals surface area (Å²) in [6.07, 6.45) is 3.52. The Balaban J connectivity index is 1.50. The second kappa shape index (κ2) is 8.37. The fourth-order valence-electron chi connectivity index (χ4n) is 3.62. The predicted molar refractivity (Wildman–Crippen MR) is 98.9 cm³/mol. The van der Waals surface area contributed by atoms with Crippen LogP contribution in [0.1, 0.15) is 38.7 Å². The van der Waals surface area contributed by atoms with Gasteiger partial charge < -0.3 is 15.0 Å². The van der Waals surface area contributed by atoms with Crippen molar-refractivity contribution in [1.82, 2.24) is 10.2 Å². The van der Waals surface area contributed by atoms with Crippen LogP contribution >= 0.6 is 11.8 Å². The number of hydrogen-bond acceptors (Lipinski definition) is 4. The molecule has 0 radical (unpaired) electrons. The maximum atomic E-state index is 12.6. The molecule has 2 fully saturated rings. The minimum absolute atomic E-state index is 0.142. The minimum Gasteiger partial charge on any atom is -0.372 e. The Morgan fingerprint density at radius 3 is 2.88 bits per heavy atom. The molecule has 3 rings (SSSR count). The van der Waals surface area contributed by atoms with Gasteiger partial charge in [-0.3, -0.25) is 4.79 Å². The molecule has 2 aliphatic rings. The van der Waals surface area contributed by atoms with E-state index in [0.29, 0.717) is 12.0 Å². The van der Waals surface area contributed by atoms with Crippen LogP contribution in [0.5, 0.6) is 0 Å². The first-order valence-corrected chi connectivity index (χ1v) is 10.0. The molecule has 4 atom stereocenters. The lowest BCUT2D eigenvalue weighted by Crippen LogP contribution is -2.51. The molecule has 1 aliphatic heterocycles. The number of thioether (sulfide) groups is 1. The lowest BCUT2D eigenvalue weighted by Gasteiger charge is -2.29. The third-order valence-corrected chi connectivity index (χ3v) is 6.16. The molecule has 0 spiro atoms. The van der Waals surface area contributed by atoms with Crippen molar-refractivity contribution < 1.29 is 9.53 Å². The highest BCUT2D eigenvalue weighted by atomic mass is 32.2. The predicted octanol–water partition coefficient (Wildman–Crippen LogP) is 3.02. The highest BCUT2D eigenvalue weighted by molar-refractivity contribution is 8.00. The topological polar surface area (TPSA) is 41.6 Å². The fourth-order valence-corrected chi connectivity index (χ4v) is 4.65. The second-order valence-corrected chi connectivity index (χ2v) is 8.19. The molecule has 132 valence electrons. The van der Waals surface area contributed by atoms with E-state index < -0.39 is 0 Å². The monoisotopic (exact) mass is 348 g/mol. The van der Waals surface area contributed by atoms with Gasteiger partial charge in [0, 0.05) is 18.3 Å². The summed E-state index contributed by atoms with van der Waals surface area (Å²) in [7, 11) is 0. The van der Waals surface area contributed by atoms with E-state index in [1.54, 1.807) is 0 Å². The van der Waals surface area contributed by atoms with Crippen molar-refractivity contribution in [2.45, 2.75) is 63.3 Å². The van der Waals surface area contributed by atoms with Crippen molar-refractivity contribution in [2.75, 3.05) is 12.3 Å². The molecule has 1 aromatic rings. The Labute approximate surface area is 149 Å². The van der Waals surface area contributed by atoms with E-state index >= 15 is 0 Å². The molecule has 5 heteroatoms. The minimum atomic E-state index is -0.142. The van der Waals surface area contributed by atoms with Crippen LogP contribution in [0.15, 0.2) is 30.3 Å². The number of amides is 1. The maximum Gasteiger partial charge on any atom is 0.240 e. The lowest BCUT2D eigenvalue weighted by atomic mass is 10.1. The zero-order valence-corrected chi connectivity index (χ0v) is 15.4. The number of carbonyl (C=O) groups excluding carboxylic acids is 1. The molecule has 1 saturated heterocycles. The van der Waals surface area contributed by atoms with Crippen LogP contribution < -0.4 is 5.32 Å². The quantitative estimate of drug-likeness (QED) is 0.858. The summed E-state index contributed by atoms with van der Waals surface area (Å²) >= 11 is 1.85. The van der Waals surface area contributed by atoms with Crippen LogP contribution in [0, 0.1) is 0 Å². The summed E-state index contributed by atoms with van der Waals surface area (Å²) in [4.78, 5) is 14.6. The third-order valence-electron chi connectivity index (χ3n) is 5.01. The van der Waals surface area contributed by atoms with Crippen molar-refractivity contribution in [3.05, 3.63) is 35.9 Å². The number of hydrogen-bond donors (Lipinski definition) is 1. The lowest BCUT2D eigenvalue weighted by molar-refractivity contribution is -0.133. The number of benzene rings is 1. The molecule has 1 N–H and O–H groups in total. The summed E-state index contributed by atoms with van der Waals surface area (Å²) in [5, 5.41) is 3.84. The summed E-state index contributed by atoms with van der Waals surface area (Å²) < 4.78 is 6.14. The van der Waals surface area contributed by atoms with E-state index in [0.717, 1.165) is 31.6 Å². The molecular formula is C19H28N2O2S. The van der Waals surface area contributed by atoms with Crippen LogP contribution in [-0.2, 0) is 16.1 Å². The molecule has 1 aromatic carbocycles. The van der Waals surface area contributed by atoms with Gasteiger partial charge in [0.25, 0.3) is 0 Å². The van der Waals surface area contributed by atoms with E-state index in [1.807, 2.05) is 41.8 Å². The van der Waals surface area contributed by atoms with Gasteiger partial charge in [0.05, 0.1) is 24.1 Å². The van der Waals surface area contributed by atoms with Crippen molar-refractivity contribution in [3.8, 4) is 0 Å². The zero-order valence-electron chi connectivity index (χ0n) is 14.6. The van der Waals surface area contributed by atoms with Gasteiger partial charge in [-0.1, -0.05) is 30.3 Å². The number of carbonyl (C=O) groups is 1. The van der Waals surface area contributed by atoms with E-state index in [-0.39, 0.29) is 24.1 Å². The first-order chi connectivity index (χ1) is 11.6. The van der Waals surface area contributed by atoms with Gasteiger partial charge in [-0.15, -0.1) is 11.8 Å². The van der Waals surface area contributed by atoms with Crippen molar-refractivity contribution in [1.29, 1.82) is 0 Å². The molecular weight excluding hydrogens is 320 g/mol. The molecule has 0 bridgehead atoms. The maximum absolute atomic E-state index is 12.6. The average Bonchev–Trinajstić information content (AvgIpc) is 3.22. The van der Waals surface area contributed by atoms with Crippen LogP contribution in [0.3, 0.4) is 0 Å². The molecule has 1 heterocycles. The molecule has 1 aliphatic carbocycles. The van der Waals surface area contributed by atoms with E-state index in [4.69, 9.17) is 4.74 Å². The number of nitrogens with zero attached hydrogens (tertiary/aromatic N) is 1. The number of ether oxygens (including phenoxy) is 1. The van der Waals surface area contributed by atoms with Gasteiger partial charge >= 0.3 is 0 Å². The number of rotatable bonds is 6. The standard InChI is InChI=1S/C19H28N2O2S/c1-14(19(22)21-11-12-24-15(21)2)20-17-9-6-10-18(17)23-13-16-7-4-3-5-8-16/h3-5,7-8,14-15,17-18,20H,6,9-13H2,1-2H3/t14?,15?,17-,18-/m1/s1. The summed E-state index contributed by atoms with van der Waals surface area (Å²) in [6.45, 7) is 5.62. The molecule has 0 aromatic heterocycles. The highest BCUT2D eigenvalue weighted by Gasteiger charge is 2.33. The summed E-state index contributed by atoms with van der Waals surface area (Å²) in [5.74, 6) is 1.27. The van der Waals surface area contributed by atoms with Gasteiger partial charge in [0.1, 0.15) is 0 Å². The highest BCUT2D eigenvalue weighted by Crippen LogP contribution is 2.26. The second-order valence-electron chi connectivity index (χ2n) is 6.76. The van der Waals surface area contributed by atoms with Crippen molar-refractivity contribution in [3.63, 3.8) is 0 Å². The largest absolute Gasteiger partial charge is 0.372 e. The number of nitrogens with one attached hydrogen (secondary N) is 1.